The van der Waals surface area contributed by atoms with Crippen LogP contribution in [0.3, 0.4) is 0 Å². The molecule has 1 saturated carbocycles. The molecule has 0 aromatic carbocycles. The Kier molecular flexibility index (Phi) is 12.3. The second-order valence-corrected chi connectivity index (χ2v) is 9.49. The lowest BCUT2D eigenvalue weighted by molar-refractivity contribution is -0.126. The zero-order valence-corrected chi connectivity index (χ0v) is 22.9. The van der Waals surface area contributed by atoms with Crippen molar-refractivity contribution >= 4 is 41.7 Å². The van der Waals surface area contributed by atoms with Crippen LogP contribution in [0.1, 0.15) is 77.7 Å². The molecule has 1 aromatic rings. The monoisotopic (exact) mass is 570 g/mol. The molecule has 1 amide bonds. The van der Waals surface area contributed by atoms with E-state index in [2.05, 4.69) is 44.9 Å². The lowest BCUT2D eigenvalue weighted by Gasteiger charge is -2.30. The van der Waals surface area contributed by atoms with E-state index in [0.717, 1.165) is 57.1 Å². The van der Waals surface area contributed by atoms with Crippen LogP contribution in [0, 0.1) is 5.92 Å². The van der Waals surface area contributed by atoms with Crippen molar-refractivity contribution in [2.45, 2.75) is 90.8 Å². The fourth-order valence-corrected chi connectivity index (χ4v) is 4.68. The molecule has 8 heteroatoms. The van der Waals surface area contributed by atoms with E-state index in [9.17, 15) is 4.79 Å². The maximum Gasteiger partial charge on any atom is 0.223 e. The zero-order valence-electron chi connectivity index (χ0n) is 20.6. The molecule has 1 saturated heterocycles. The average Bonchev–Trinajstić information content (AvgIpc) is 3.07. The van der Waals surface area contributed by atoms with Gasteiger partial charge in [0.15, 0.2) is 5.96 Å². The number of nitrogens with zero attached hydrogens (tertiary/aromatic N) is 3. The molecule has 186 valence electrons. The van der Waals surface area contributed by atoms with Crippen molar-refractivity contribution in [3.8, 4) is 0 Å². The van der Waals surface area contributed by atoms with Crippen molar-refractivity contribution in [3.05, 3.63) is 23.9 Å². The van der Waals surface area contributed by atoms with E-state index in [1.165, 1.54) is 31.2 Å². The van der Waals surface area contributed by atoms with Gasteiger partial charge in [-0.1, -0.05) is 19.3 Å². The number of carbonyl (C=O) groups excluding carboxylic acids is 1. The third kappa shape index (κ3) is 9.29. The fraction of sp³-hybridized carbons (Fsp3) is 0.720. The van der Waals surface area contributed by atoms with E-state index >= 15 is 0 Å². The smallest absolute Gasteiger partial charge is 0.223 e. The molecule has 2 aliphatic rings. The molecule has 1 aromatic heterocycles. The Morgan fingerprint density at radius 1 is 1.18 bits per heavy atom. The van der Waals surface area contributed by atoms with Crippen LogP contribution in [0.2, 0.25) is 0 Å². The number of hydrogen-bond donors (Lipinski definition) is 3. The molecule has 2 unspecified atom stereocenters. The number of amides is 1. The van der Waals surface area contributed by atoms with Crippen LogP contribution in [0.4, 0.5) is 5.82 Å². The van der Waals surface area contributed by atoms with Gasteiger partial charge in [-0.2, -0.15) is 0 Å². The number of aliphatic imine (C=N–C) groups is 1. The van der Waals surface area contributed by atoms with Gasteiger partial charge in [-0.05, 0) is 70.6 Å². The number of aromatic nitrogens is 1. The van der Waals surface area contributed by atoms with Crippen molar-refractivity contribution in [3.63, 3.8) is 0 Å². The first kappa shape index (κ1) is 27.7. The minimum atomic E-state index is 0. The van der Waals surface area contributed by atoms with Gasteiger partial charge in [0.1, 0.15) is 5.82 Å². The van der Waals surface area contributed by atoms with Gasteiger partial charge in [-0.15, -0.1) is 24.0 Å². The summed E-state index contributed by atoms with van der Waals surface area (Å²) in [7, 11) is 0. The molecule has 2 heterocycles. The number of hydrogen-bond acceptors (Lipinski definition) is 4. The fourth-order valence-electron chi connectivity index (χ4n) is 4.68. The predicted molar refractivity (Wildman–Crippen MR) is 147 cm³/mol. The highest BCUT2D eigenvalue weighted by molar-refractivity contribution is 14.0. The summed E-state index contributed by atoms with van der Waals surface area (Å²) in [5.74, 6) is 2.17. The van der Waals surface area contributed by atoms with Crippen LogP contribution >= 0.6 is 24.0 Å². The molecule has 1 aliphatic carbocycles. The highest BCUT2D eigenvalue weighted by Crippen LogP contribution is 2.25. The Morgan fingerprint density at radius 3 is 2.64 bits per heavy atom. The normalized spacial score (nSPS) is 21.7. The Labute approximate surface area is 217 Å². The Bertz CT molecular complexity index is 748. The number of rotatable bonds is 7. The summed E-state index contributed by atoms with van der Waals surface area (Å²) in [6.07, 6.45) is 11.0. The summed E-state index contributed by atoms with van der Waals surface area (Å²) in [5.41, 5.74) is 1.18. The minimum absolute atomic E-state index is 0. The first-order valence-corrected chi connectivity index (χ1v) is 12.6. The third-order valence-corrected chi connectivity index (χ3v) is 6.32. The van der Waals surface area contributed by atoms with Crippen LogP contribution in [0.15, 0.2) is 23.3 Å². The molecular formula is C25H43IN6O. The van der Waals surface area contributed by atoms with Crippen molar-refractivity contribution in [1.82, 2.24) is 20.9 Å². The highest BCUT2D eigenvalue weighted by atomic mass is 127. The van der Waals surface area contributed by atoms with E-state index in [1.807, 2.05) is 20.0 Å². The second-order valence-electron chi connectivity index (χ2n) is 9.49. The van der Waals surface area contributed by atoms with Gasteiger partial charge < -0.3 is 20.9 Å². The molecule has 0 radical (unpaired) electrons. The molecule has 2 fully saturated rings. The standard InChI is InChI=1S/C25H42N6O.HI/c1-4-26-25(30-22-11-9-10-21(17-22)24(32)29-19(2)3)28-18-20-12-13-27-23(16-20)31-14-7-5-6-8-15-31;/h12-13,16,19,21-22H,4-11,14-15,17-18H2,1-3H3,(H,29,32)(H2,26,28,30);1H. The van der Waals surface area contributed by atoms with E-state index in [1.54, 1.807) is 0 Å². The van der Waals surface area contributed by atoms with Crippen LogP contribution in [-0.2, 0) is 11.3 Å². The predicted octanol–water partition coefficient (Wildman–Crippen LogP) is 4.22. The molecule has 33 heavy (non-hydrogen) atoms. The highest BCUT2D eigenvalue weighted by Gasteiger charge is 2.28. The quantitative estimate of drug-likeness (QED) is 0.260. The zero-order chi connectivity index (χ0) is 22.8. The van der Waals surface area contributed by atoms with Crippen molar-refractivity contribution in [2.24, 2.45) is 10.9 Å². The molecule has 0 bridgehead atoms. The molecular weight excluding hydrogens is 527 g/mol. The maximum atomic E-state index is 12.5. The summed E-state index contributed by atoms with van der Waals surface area (Å²) >= 11 is 0. The minimum Gasteiger partial charge on any atom is -0.357 e. The van der Waals surface area contributed by atoms with E-state index in [4.69, 9.17) is 4.99 Å². The summed E-state index contributed by atoms with van der Waals surface area (Å²) in [4.78, 5) is 24.3. The molecule has 7 nitrogen and oxygen atoms in total. The largest absolute Gasteiger partial charge is 0.357 e. The van der Waals surface area contributed by atoms with Crippen LogP contribution in [0.5, 0.6) is 0 Å². The number of carbonyl (C=O) groups is 1. The Morgan fingerprint density at radius 2 is 1.94 bits per heavy atom. The summed E-state index contributed by atoms with van der Waals surface area (Å²) in [5, 5.41) is 10.0. The number of nitrogens with one attached hydrogen (secondary N) is 3. The molecule has 3 rings (SSSR count). The second kappa shape index (κ2) is 14.6. The van der Waals surface area contributed by atoms with Crippen molar-refractivity contribution in [1.29, 1.82) is 0 Å². The molecule has 3 N–H and O–H groups in total. The van der Waals surface area contributed by atoms with Gasteiger partial charge in [-0.25, -0.2) is 9.98 Å². The number of anilines is 1. The van der Waals surface area contributed by atoms with Gasteiger partial charge in [0.25, 0.3) is 0 Å². The first-order valence-electron chi connectivity index (χ1n) is 12.6. The van der Waals surface area contributed by atoms with Crippen molar-refractivity contribution in [2.75, 3.05) is 24.5 Å². The molecule has 0 spiro atoms. The summed E-state index contributed by atoms with van der Waals surface area (Å²) < 4.78 is 0. The topological polar surface area (TPSA) is 81.7 Å². The number of pyridine rings is 1. The van der Waals surface area contributed by atoms with E-state index in [-0.39, 0.29) is 47.9 Å². The number of halogens is 1. The van der Waals surface area contributed by atoms with E-state index in [0.29, 0.717) is 6.54 Å². The van der Waals surface area contributed by atoms with Crippen molar-refractivity contribution < 1.29 is 4.79 Å². The third-order valence-electron chi connectivity index (χ3n) is 6.32. The van der Waals surface area contributed by atoms with Crippen LogP contribution in [0.25, 0.3) is 0 Å². The SMILES string of the molecule is CCNC(=NCc1ccnc(N2CCCCCC2)c1)NC1CCCC(C(=O)NC(C)C)C1.I. The van der Waals surface area contributed by atoms with Crippen LogP contribution < -0.4 is 20.9 Å². The Hall–Kier alpha value is -1.58. The maximum absolute atomic E-state index is 12.5. The summed E-state index contributed by atoms with van der Waals surface area (Å²) in [6, 6.07) is 4.70. The van der Waals surface area contributed by atoms with Crippen LogP contribution in [-0.4, -0.2) is 48.6 Å². The van der Waals surface area contributed by atoms with Gasteiger partial charge in [0.05, 0.1) is 6.54 Å². The first-order chi connectivity index (χ1) is 15.5. The van der Waals surface area contributed by atoms with Gasteiger partial charge in [0.2, 0.25) is 5.91 Å². The molecule has 2 atom stereocenters. The summed E-state index contributed by atoms with van der Waals surface area (Å²) in [6.45, 7) is 9.73. The van der Waals surface area contributed by atoms with Gasteiger partial charge in [-0.3, -0.25) is 4.79 Å². The lowest BCUT2D eigenvalue weighted by atomic mass is 9.85. The van der Waals surface area contributed by atoms with E-state index < -0.39 is 0 Å². The lowest BCUT2D eigenvalue weighted by Crippen LogP contribution is -2.47. The number of guanidine groups is 1. The Balaban J connectivity index is 0.00000385. The molecule has 1 aliphatic heterocycles. The average molecular weight is 571 g/mol. The van der Waals surface area contributed by atoms with Gasteiger partial charge in [0, 0.05) is 43.8 Å². The van der Waals surface area contributed by atoms with Gasteiger partial charge >= 0.3 is 0 Å².